The number of carbonyl (C=O) groups is 1. The molecule has 0 saturated heterocycles. The first-order chi connectivity index (χ1) is 8.56. The largest absolute Gasteiger partial charge is 0.352 e. The summed E-state index contributed by atoms with van der Waals surface area (Å²) in [6.07, 6.45) is 0.688. The Morgan fingerprint density at radius 2 is 2.22 bits per heavy atom. The third-order valence-corrected chi connectivity index (χ3v) is 2.56. The lowest BCUT2D eigenvalue weighted by Crippen LogP contribution is -2.35. The van der Waals surface area contributed by atoms with Crippen LogP contribution in [0.15, 0.2) is 18.2 Å². The van der Waals surface area contributed by atoms with E-state index in [-0.39, 0.29) is 30.4 Å². The number of rotatable bonds is 5. The van der Waals surface area contributed by atoms with Gasteiger partial charge in [-0.15, -0.1) is 0 Å². The minimum Gasteiger partial charge on any atom is -0.352 e. The Hall–Kier alpha value is -1.96. The molecule has 96 valence electrons. The average Bonchev–Trinajstić information content (AvgIpc) is 2.32. The summed E-state index contributed by atoms with van der Waals surface area (Å²) >= 11 is 0. The normalized spacial score (nSPS) is 11.7. The monoisotopic (exact) mass is 252 g/mol. The van der Waals surface area contributed by atoms with Crippen LogP contribution in [0.3, 0.4) is 0 Å². The van der Waals surface area contributed by atoms with Gasteiger partial charge in [0.25, 0.3) is 0 Å². The number of hydrogen-bond donors (Lipinski definition) is 1. The Kier molecular flexibility index (Phi) is 5.25. The third kappa shape index (κ3) is 4.13. The van der Waals surface area contributed by atoms with Crippen LogP contribution in [-0.2, 0) is 11.2 Å². The van der Waals surface area contributed by atoms with Gasteiger partial charge >= 0.3 is 0 Å². The van der Waals surface area contributed by atoms with Crippen LogP contribution in [0.5, 0.6) is 0 Å². The first kappa shape index (κ1) is 14.1. The van der Waals surface area contributed by atoms with E-state index in [0.29, 0.717) is 6.42 Å². The van der Waals surface area contributed by atoms with E-state index in [0.717, 1.165) is 12.1 Å². The van der Waals surface area contributed by atoms with Gasteiger partial charge in [-0.05, 0) is 18.1 Å². The molecular weight excluding hydrogens is 238 g/mol. The minimum atomic E-state index is -0.738. The predicted octanol–water partition coefficient (Wildman–Crippen LogP) is 2.32. The molecular formula is C13H14F2N2O. The maximum Gasteiger partial charge on any atom is 0.224 e. The van der Waals surface area contributed by atoms with E-state index in [1.54, 1.807) is 0 Å². The predicted molar refractivity (Wildman–Crippen MR) is 62.5 cm³/mol. The molecule has 18 heavy (non-hydrogen) atoms. The van der Waals surface area contributed by atoms with Crippen LogP contribution in [0.25, 0.3) is 0 Å². The molecule has 0 radical (unpaired) electrons. The summed E-state index contributed by atoms with van der Waals surface area (Å²) in [4.78, 5) is 11.6. The molecule has 0 aliphatic heterocycles. The van der Waals surface area contributed by atoms with Gasteiger partial charge in [0.2, 0.25) is 5.91 Å². The third-order valence-electron chi connectivity index (χ3n) is 2.56. The quantitative estimate of drug-likeness (QED) is 0.874. The number of nitrogens with zero attached hydrogens (tertiary/aromatic N) is 1. The zero-order valence-corrected chi connectivity index (χ0v) is 10.0. The van der Waals surface area contributed by atoms with Crippen molar-refractivity contribution in [1.29, 1.82) is 5.26 Å². The van der Waals surface area contributed by atoms with Crippen molar-refractivity contribution in [3.63, 3.8) is 0 Å². The van der Waals surface area contributed by atoms with Crippen LogP contribution in [-0.4, -0.2) is 11.9 Å². The summed E-state index contributed by atoms with van der Waals surface area (Å²) in [6, 6.07) is 4.84. The molecule has 1 aromatic rings. The van der Waals surface area contributed by atoms with E-state index in [4.69, 9.17) is 5.26 Å². The molecule has 0 bridgehead atoms. The summed E-state index contributed by atoms with van der Waals surface area (Å²) in [5.74, 6) is -1.78. The second-order valence-electron chi connectivity index (χ2n) is 3.95. The van der Waals surface area contributed by atoms with Crippen molar-refractivity contribution < 1.29 is 13.6 Å². The van der Waals surface area contributed by atoms with Gasteiger partial charge in [0.05, 0.1) is 18.9 Å². The Balaban J connectivity index is 2.62. The fourth-order valence-corrected chi connectivity index (χ4v) is 1.52. The molecule has 1 atom stereocenters. The van der Waals surface area contributed by atoms with Crippen LogP contribution in [0.2, 0.25) is 0 Å². The van der Waals surface area contributed by atoms with Gasteiger partial charge in [0, 0.05) is 12.1 Å². The Bertz CT molecular complexity index is 469. The summed E-state index contributed by atoms with van der Waals surface area (Å²) < 4.78 is 26.0. The second kappa shape index (κ2) is 6.70. The maximum atomic E-state index is 13.3. The molecule has 3 nitrogen and oxygen atoms in total. The first-order valence-corrected chi connectivity index (χ1v) is 5.67. The zero-order chi connectivity index (χ0) is 13.5. The molecule has 1 amide bonds. The van der Waals surface area contributed by atoms with Crippen LogP contribution in [0, 0.1) is 23.0 Å². The van der Waals surface area contributed by atoms with Gasteiger partial charge in [-0.1, -0.05) is 13.0 Å². The number of amides is 1. The number of halogens is 2. The highest BCUT2D eigenvalue weighted by Crippen LogP contribution is 2.10. The van der Waals surface area contributed by atoms with E-state index in [9.17, 15) is 13.6 Å². The molecule has 0 fully saturated rings. The molecule has 1 unspecified atom stereocenters. The molecule has 0 aromatic heterocycles. The second-order valence-corrected chi connectivity index (χ2v) is 3.95. The summed E-state index contributed by atoms with van der Waals surface area (Å²) in [6.45, 7) is 1.85. The van der Waals surface area contributed by atoms with Crippen molar-refractivity contribution in [3.8, 4) is 6.07 Å². The van der Waals surface area contributed by atoms with Crippen molar-refractivity contribution in [2.24, 2.45) is 0 Å². The SMILES string of the molecule is CCC(CC#N)NC(=O)Cc1ccc(F)cc1F. The minimum absolute atomic E-state index is 0.140. The van der Waals surface area contributed by atoms with Crippen molar-refractivity contribution in [1.82, 2.24) is 5.32 Å². The molecule has 1 N–H and O–H groups in total. The van der Waals surface area contributed by atoms with Crippen molar-refractivity contribution >= 4 is 5.91 Å². The lowest BCUT2D eigenvalue weighted by molar-refractivity contribution is -0.121. The van der Waals surface area contributed by atoms with Crippen molar-refractivity contribution in [2.75, 3.05) is 0 Å². The highest BCUT2D eigenvalue weighted by Gasteiger charge is 2.13. The Morgan fingerprint density at radius 1 is 1.50 bits per heavy atom. The first-order valence-electron chi connectivity index (χ1n) is 5.67. The Labute approximate surface area is 104 Å². The van der Waals surface area contributed by atoms with Gasteiger partial charge in [-0.3, -0.25) is 4.79 Å². The summed E-state index contributed by atoms with van der Waals surface area (Å²) in [5.41, 5.74) is 0.140. The molecule has 0 spiro atoms. The van der Waals surface area contributed by atoms with E-state index in [2.05, 4.69) is 5.32 Å². The molecule has 0 aliphatic carbocycles. The lowest BCUT2D eigenvalue weighted by Gasteiger charge is -2.13. The standard InChI is InChI=1S/C13H14F2N2O/c1-2-11(5-6-16)17-13(18)7-9-3-4-10(14)8-12(9)15/h3-4,8,11H,2,5,7H2,1H3,(H,17,18). The van der Waals surface area contributed by atoms with Gasteiger partial charge in [0.15, 0.2) is 0 Å². The lowest BCUT2D eigenvalue weighted by atomic mass is 10.1. The van der Waals surface area contributed by atoms with Crippen molar-refractivity contribution in [3.05, 3.63) is 35.4 Å². The van der Waals surface area contributed by atoms with Crippen LogP contribution >= 0.6 is 0 Å². The molecule has 1 rings (SSSR count). The fraction of sp³-hybridized carbons (Fsp3) is 0.385. The number of carbonyl (C=O) groups excluding carboxylic acids is 1. The summed E-state index contributed by atoms with van der Waals surface area (Å²) in [7, 11) is 0. The maximum absolute atomic E-state index is 13.3. The van der Waals surface area contributed by atoms with Crippen LogP contribution in [0.1, 0.15) is 25.3 Å². The van der Waals surface area contributed by atoms with Gasteiger partial charge < -0.3 is 5.32 Å². The van der Waals surface area contributed by atoms with E-state index < -0.39 is 11.6 Å². The number of nitrogens with one attached hydrogen (secondary N) is 1. The smallest absolute Gasteiger partial charge is 0.224 e. The molecule has 5 heteroatoms. The van der Waals surface area contributed by atoms with Crippen LogP contribution < -0.4 is 5.32 Å². The van der Waals surface area contributed by atoms with Gasteiger partial charge in [-0.25, -0.2) is 8.78 Å². The number of benzene rings is 1. The van der Waals surface area contributed by atoms with E-state index >= 15 is 0 Å². The van der Waals surface area contributed by atoms with Gasteiger partial charge in [0.1, 0.15) is 11.6 Å². The molecule has 1 aromatic carbocycles. The Morgan fingerprint density at radius 3 is 2.78 bits per heavy atom. The highest BCUT2D eigenvalue weighted by atomic mass is 19.1. The molecule has 0 aliphatic rings. The number of nitriles is 1. The molecule has 0 saturated carbocycles. The topological polar surface area (TPSA) is 52.9 Å². The highest BCUT2D eigenvalue weighted by molar-refractivity contribution is 5.78. The molecule has 0 heterocycles. The van der Waals surface area contributed by atoms with Crippen LogP contribution in [0.4, 0.5) is 8.78 Å². The van der Waals surface area contributed by atoms with E-state index in [1.165, 1.54) is 6.07 Å². The van der Waals surface area contributed by atoms with E-state index in [1.807, 2.05) is 13.0 Å². The summed E-state index contributed by atoms with van der Waals surface area (Å²) in [5, 5.41) is 11.2. The fourth-order valence-electron chi connectivity index (χ4n) is 1.52. The van der Waals surface area contributed by atoms with Crippen molar-refractivity contribution in [2.45, 2.75) is 32.2 Å². The zero-order valence-electron chi connectivity index (χ0n) is 10.0. The van der Waals surface area contributed by atoms with Gasteiger partial charge in [-0.2, -0.15) is 5.26 Å². The number of hydrogen-bond acceptors (Lipinski definition) is 2. The average molecular weight is 252 g/mol.